The van der Waals surface area contributed by atoms with Gasteiger partial charge in [0.15, 0.2) is 0 Å². The van der Waals surface area contributed by atoms with Gasteiger partial charge in [-0.15, -0.1) is 0 Å². The Balaban J connectivity index is 2.51. The standard InChI is InChI=1S/C15H24N4O/c1-3-8-17-15-6-5-14(12-18-15)13-19(9-4-7-16)10-11-20-2/h5-6,12H,3-4,8-11,13H2,1-2H3,(H,17,18). The van der Waals surface area contributed by atoms with Gasteiger partial charge in [-0.05, 0) is 18.1 Å². The molecule has 0 saturated heterocycles. The molecule has 0 spiro atoms. The van der Waals surface area contributed by atoms with Crippen molar-refractivity contribution in [2.45, 2.75) is 26.3 Å². The molecule has 0 aliphatic rings. The molecular weight excluding hydrogens is 252 g/mol. The Morgan fingerprint density at radius 1 is 1.40 bits per heavy atom. The van der Waals surface area contributed by atoms with Crippen molar-refractivity contribution in [2.75, 3.05) is 38.7 Å². The number of pyridine rings is 1. The summed E-state index contributed by atoms with van der Waals surface area (Å²) in [6, 6.07) is 6.27. The second-order valence-electron chi connectivity index (χ2n) is 4.66. The zero-order valence-corrected chi connectivity index (χ0v) is 12.4. The van der Waals surface area contributed by atoms with Gasteiger partial charge in [-0.3, -0.25) is 4.90 Å². The Kier molecular flexibility index (Phi) is 8.36. The monoisotopic (exact) mass is 276 g/mol. The van der Waals surface area contributed by atoms with Gasteiger partial charge in [-0.1, -0.05) is 13.0 Å². The van der Waals surface area contributed by atoms with Gasteiger partial charge < -0.3 is 10.1 Å². The molecule has 1 heterocycles. The number of hydrogen-bond donors (Lipinski definition) is 1. The van der Waals surface area contributed by atoms with E-state index in [1.54, 1.807) is 7.11 Å². The van der Waals surface area contributed by atoms with Crippen LogP contribution in [0.4, 0.5) is 5.82 Å². The predicted octanol–water partition coefficient (Wildman–Crippen LogP) is 2.27. The first-order valence-electron chi connectivity index (χ1n) is 7.07. The smallest absolute Gasteiger partial charge is 0.125 e. The summed E-state index contributed by atoms with van der Waals surface area (Å²) < 4.78 is 5.10. The van der Waals surface area contributed by atoms with E-state index < -0.39 is 0 Å². The zero-order chi connectivity index (χ0) is 14.6. The number of aromatic nitrogens is 1. The molecule has 20 heavy (non-hydrogen) atoms. The number of anilines is 1. The quantitative estimate of drug-likeness (QED) is 0.710. The van der Waals surface area contributed by atoms with Crippen LogP contribution in [0, 0.1) is 11.3 Å². The Bertz CT molecular complexity index is 399. The minimum atomic E-state index is 0.535. The molecule has 0 aromatic carbocycles. The number of ether oxygens (including phenoxy) is 1. The number of nitrogens with zero attached hydrogens (tertiary/aromatic N) is 3. The van der Waals surface area contributed by atoms with E-state index in [9.17, 15) is 0 Å². The third kappa shape index (κ3) is 6.50. The van der Waals surface area contributed by atoms with Crippen molar-refractivity contribution in [1.29, 1.82) is 5.26 Å². The van der Waals surface area contributed by atoms with E-state index in [1.807, 2.05) is 12.3 Å². The summed E-state index contributed by atoms with van der Waals surface area (Å²) in [4.78, 5) is 6.61. The van der Waals surface area contributed by atoms with Crippen molar-refractivity contribution in [3.8, 4) is 6.07 Å². The summed E-state index contributed by atoms with van der Waals surface area (Å²) in [5.41, 5.74) is 1.15. The number of rotatable bonds is 10. The van der Waals surface area contributed by atoms with Crippen LogP contribution < -0.4 is 5.32 Å². The molecule has 0 saturated carbocycles. The van der Waals surface area contributed by atoms with Crippen LogP contribution in [-0.4, -0.2) is 43.2 Å². The lowest BCUT2D eigenvalue weighted by Gasteiger charge is -2.20. The van der Waals surface area contributed by atoms with E-state index in [2.05, 4.69) is 34.3 Å². The van der Waals surface area contributed by atoms with Crippen molar-refractivity contribution < 1.29 is 4.74 Å². The van der Waals surface area contributed by atoms with Crippen LogP contribution in [0.1, 0.15) is 25.3 Å². The average Bonchev–Trinajstić information content (AvgIpc) is 2.49. The Morgan fingerprint density at radius 3 is 2.85 bits per heavy atom. The molecule has 1 N–H and O–H groups in total. The van der Waals surface area contributed by atoms with Crippen LogP contribution in [0.15, 0.2) is 18.3 Å². The molecule has 1 rings (SSSR count). The maximum absolute atomic E-state index is 8.70. The highest BCUT2D eigenvalue weighted by Gasteiger charge is 2.06. The minimum absolute atomic E-state index is 0.535. The minimum Gasteiger partial charge on any atom is -0.383 e. The van der Waals surface area contributed by atoms with Crippen LogP contribution in [-0.2, 0) is 11.3 Å². The third-order valence-corrected chi connectivity index (χ3v) is 2.94. The lowest BCUT2D eigenvalue weighted by Crippen LogP contribution is -2.28. The lowest BCUT2D eigenvalue weighted by molar-refractivity contribution is 0.145. The summed E-state index contributed by atoms with van der Waals surface area (Å²) in [6.07, 6.45) is 3.51. The topological polar surface area (TPSA) is 61.2 Å². The maximum atomic E-state index is 8.70. The van der Waals surface area contributed by atoms with Crippen LogP contribution >= 0.6 is 0 Å². The molecule has 0 radical (unpaired) electrons. The van der Waals surface area contributed by atoms with E-state index in [-0.39, 0.29) is 0 Å². The maximum Gasteiger partial charge on any atom is 0.125 e. The molecule has 0 atom stereocenters. The number of nitriles is 1. The third-order valence-electron chi connectivity index (χ3n) is 2.94. The molecule has 0 bridgehead atoms. The van der Waals surface area contributed by atoms with Gasteiger partial charge >= 0.3 is 0 Å². The van der Waals surface area contributed by atoms with Crippen LogP contribution in [0.5, 0.6) is 0 Å². The number of methoxy groups -OCH3 is 1. The van der Waals surface area contributed by atoms with Crippen molar-refractivity contribution in [3.63, 3.8) is 0 Å². The van der Waals surface area contributed by atoms with Gasteiger partial charge in [-0.2, -0.15) is 5.26 Å². The summed E-state index contributed by atoms with van der Waals surface area (Å²) in [6.45, 7) is 6.13. The predicted molar refractivity (Wildman–Crippen MR) is 80.4 cm³/mol. The fraction of sp³-hybridized carbons (Fsp3) is 0.600. The van der Waals surface area contributed by atoms with Gasteiger partial charge in [0.1, 0.15) is 5.82 Å². The summed E-state index contributed by atoms with van der Waals surface area (Å²) in [5, 5.41) is 12.0. The first-order valence-corrected chi connectivity index (χ1v) is 7.07. The fourth-order valence-electron chi connectivity index (χ4n) is 1.83. The van der Waals surface area contributed by atoms with E-state index in [1.165, 1.54) is 0 Å². The summed E-state index contributed by atoms with van der Waals surface area (Å²) >= 11 is 0. The van der Waals surface area contributed by atoms with Gasteiger partial charge in [0.2, 0.25) is 0 Å². The summed E-state index contributed by atoms with van der Waals surface area (Å²) in [7, 11) is 1.69. The van der Waals surface area contributed by atoms with E-state index in [4.69, 9.17) is 10.00 Å². The normalized spacial score (nSPS) is 10.5. The number of hydrogen-bond acceptors (Lipinski definition) is 5. The average molecular weight is 276 g/mol. The van der Waals surface area contributed by atoms with E-state index in [0.29, 0.717) is 13.0 Å². The van der Waals surface area contributed by atoms with Crippen molar-refractivity contribution >= 4 is 5.82 Å². The highest BCUT2D eigenvalue weighted by atomic mass is 16.5. The molecule has 0 aliphatic carbocycles. The van der Waals surface area contributed by atoms with Crippen LogP contribution in [0.2, 0.25) is 0 Å². The molecule has 0 unspecified atom stereocenters. The van der Waals surface area contributed by atoms with Crippen molar-refractivity contribution in [2.24, 2.45) is 0 Å². The largest absolute Gasteiger partial charge is 0.383 e. The van der Waals surface area contributed by atoms with Gasteiger partial charge in [0.25, 0.3) is 0 Å². The Hall–Kier alpha value is -1.64. The van der Waals surface area contributed by atoms with Crippen LogP contribution in [0.3, 0.4) is 0 Å². The molecule has 110 valence electrons. The van der Waals surface area contributed by atoms with E-state index >= 15 is 0 Å². The Morgan fingerprint density at radius 2 is 2.25 bits per heavy atom. The van der Waals surface area contributed by atoms with Gasteiger partial charge in [0, 0.05) is 45.9 Å². The molecule has 5 heteroatoms. The van der Waals surface area contributed by atoms with Crippen molar-refractivity contribution in [3.05, 3.63) is 23.9 Å². The molecule has 1 aromatic heterocycles. The molecule has 5 nitrogen and oxygen atoms in total. The highest BCUT2D eigenvalue weighted by molar-refractivity contribution is 5.35. The first-order chi connectivity index (χ1) is 9.80. The SMILES string of the molecule is CCCNc1ccc(CN(CCC#N)CCOC)cn1. The fourth-order valence-corrected chi connectivity index (χ4v) is 1.83. The van der Waals surface area contributed by atoms with Crippen molar-refractivity contribution in [1.82, 2.24) is 9.88 Å². The number of nitrogens with one attached hydrogen (secondary N) is 1. The summed E-state index contributed by atoms with van der Waals surface area (Å²) in [5.74, 6) is 0.913. The van der Waals surface area contributed by atoms with E-state index in [0.717, 1.165) is 44.0 Å². The lowest BCUT2D eigenvalue weighted by atomic mass is 10.2. The molecule has 0 aliphatic heterocycles. The Labute approximate surface area is 121 Å². The van der Waals surface area contributed by atoms with Crippen LogP contribution in [0.25, 0.3) is 0 Å². The molecule has 1 aromatic rings. The molecule has 0 fully saturated rings. The second-order valence-corrected chi connectivity index (χ2v) is 4.66. The molecule has 0 amide bonds. The molecular formula is C15H24N4O. The highest BCUT2D eigenvalue weighted by Crippen LogP contribution is 2.08. The first kappa shape index (κ1) is 16.4. The zero-order valence-electron chi connectivity index (χ0n) is 12.4. The second kappa shape index (κ2) is 10.2. The van der Waals surface area contributed by atoms with Gasteiger partial charge in [-0.25, -0.2) is 4.98 Å². The van der Waals surface area contributed by atoms with Gasteiger partial charge in [0.05, 0.1) is 12.7 Å².